The van der Waals surface area contributed by atoms with Crippen molar-refractivity contribution in [3.63, 3.8) is 0 Å². The number of rotatable bonds is 2. The molecule has 0 saturated carbocycles. The molecule has 2 aliphatic rings. The number of ether oxygens (including phenoxy) is 1. The Kier molecular flexibility index (Phi) is 3.67. The minimum Gasteiger partial charge on any atom is -0.439 e. The van der Waals surface area contributed by atoms with E-state index >= 15 is 0 Å². The van der Waals surface area contributed by atoms with Gasteiger partial charge in [0.2, 0.25) is 0 Å². The quantitative estimate of drug-likeness (QED) is 0.844. The van der Waals surface area contributed by atoms with E-state index in [0.717, 1.165) is 11.1 Å². The van der Waals surface area contributed by atoms with E-state index in [1.807, 2.05) is 36.4 Å². The number of amides is 2. The van der Waals surface area contributed by atoms with Gasteiger partial charge in [-0.3, -0.25) is 9.78 Å². The molecule has 6 nitrogen and oxygen atoms in total. The van der Waals surface area contributed by atoms with Gasteiger partial charge in [-0.05, 0) is 23.8 Å². The van der Waals surface area contributed by atoms with E-state index < -0.39 is 5.60 Å². The summed E-state index contributed by atoms with van der Waals surface area (Å²) in [6, 6.07) is 11.4. The Labute approximate surface area is 146 Å². The number of aromatic nitrogens is 1. The number of nitrogens with zero attached hydrogens (tertiary/aromatic N) is 3. The molecule has 2 saturated heterocycles. The fourth-order valence-corrected chi connectivity index (χ4v) is 3.57. The van der Waals surface area contributed by atoms with E-state index in [2.05, 4.69) is 4.98 Å². The standard InChI is InChI=1S/C19H19N3O3/c1-21-12-19(25-18(21)24)7-9-22(13-19)17(23)15-5-2-4-14(10-15)16-6-3-8-20-11-16/h2-6,8,10-11H,7,9,12-13H2,1H3. The van der Waals surface area contributed by atoms with Crippen LogP contribution in [-0.4, -0.2) is 59.1 Å². The molecule has 3 heterocycles. The van der Waals surface area contributed by atoms with Gasteiger partial charge in [0.1, 0.15) is 0 Å². The lowest BCUT2D eigenvalue weighted by Gasteiger charge is -2.22. The first-order valence-corrected chi connectivity index (χ1v) is 8.30. The fraction of sp³-hybridized carbons (Fsp3) is 0.316. The maximum absolute atomic E-state index is 12.9. The highest BCUT2D eigenvalue weighted by atomic mass is 16.6. The predicted octanol–water partition coefficient (Wildman–Crippen LogP) is 2.42. The monoisotopic (exact) mass is 337 g/mol. The van der Waals surface area contributed by atoms with E-state index in [0.29, 0.717) is 31.6 Å². The van der Waals surface area contributed by atoms with Crippen LogP contribution in [-0.2, 0) is 4.74 Å². The minimum atomic E-state index is -0.553. The van der Waals surface area contributed by atoms with E-state index in [1.165, 1.54) is 0 Å². The highest BCUT2D eigenvalue weighted by molar-refractivity contribution is 5.95. The average Bonchev–Trinajstić information content (AvgIpc) is 3.17. The Balaban J connectivity index is 1.53. The Morgan fingerprint density at radius 1 is 1.20 bits per heavy atom. The first-order chi connectivity index (χ1) is 12.1. The number of likely N-dealkylation sites (tertiary alicyclic amines) is 1. The molecule has 2 aromatic rings. The molecular weight excluding hydrogens is 318 g/mol. The zero-order valence-electron chi connectivity index (χ0n) is 14.0. The van der Waals surface area contributed by atoms with E-state index in [4.69, 9.17) is 4.74 Å². The number of hydrogen-bond donors (Lipinski definition) is 0. The molecule has 6 heteroatoms. The number of carbonyl (C=O) groups is 2. The van der Waals surface area contributed by atoms with Crippen LogP contribution in [0.4, 0.5) is 4.79 Å². The Morgan fingerprint density at radius 2 is 2.04 bits per heavy atom. The lowest BCUT2D eigenvalue weighted by molar-refractivity contribution is 0.0553. The lowest BCUT2D eigenvalue weighted by atomic mass is 10.0. The molecule has 1 aromatic heterocycles. The Hall–Kier alpha value is -2.89. The molecular formula is C19H19N3O3. The van der Waals surface area contributed by atoms with Gasteiger partial charge < -0.3 is 14.5 Å². The van der Waals surface area contributed by atoms with Crippen LogP contribution >= 0.6 is 0 Å². The Morgan fingerprint density at radius 3 is 2.76 bits per heavy atom. The first-order valence-electron chi connectivity index (χ1n) is 8.30. The molecule has 1 aromatic carbocycles. The van der Waals surface area contributed by atoms with Gasteiger partial charge in [-0.2, -0.15) is 0 Å². The summed E-state index contributed by atoms with van der Waals surface area (Å²) in [6.07, 6.45) is 3.87. The van der Waals surface area contributed by atoms with Crippen molar-refractivity contribution in [2.75, 3.05) is 26.7 Å². The van der Waals surface area contributed by atoms with Crippen molar-refractivity contribution < 1.29 is 14.3 Å². The van der Waals surface area contributed by atoms with Crippen LogP contribution in [0.1, 0.15) is 16.8 Å². The van der Waals surface area contributed by atoms with E-state index in [1.54, 1.807) is 29.2 Å². The summed E-state index contributed by atoms with van der Waals surface area (Å²) in [5.74, 6) is -0.0341. The summed E-state index contributed by atoms with van der Waals surface area (Å²) >= 11 is 0. The van der Waals surface area contributed by atoms with Gasteiger partial charge in [0.25, 0.3) is 5.91 Å². The lowest BCUT2D eigenvalue weighted by Crippen LogP contribution is -2.39. The largest absolute Gasteiger partial charge is 0.439 e. The van der Waals surface area contributed by atoms with E-state index in [-0.39, 0.29) is 12.0 Å². The number of pyridine rings is 1. The van der Waals surface area contributed by atoms with Crippen molar-refractivity contribution in [3.05, 3.63) is 54.4 Å². The Bertz CT molecular complexity index is 824. The van der Waals surface area contributed by atoms with Crippen LogP contribution in [0.25, 0.3) is 11.1 Å². The molecule has 0 radical (unpaired) electrons. The third-order valence-corrected chi connectivity index (χ3v) is 4.85. The molecule has 1 atom stereocenters. The fourth-order valence-electron chi connectivity index (χ4n) is 3.57. The molecule has 25 heavy (non-hydrogen) atoms. The van der Waals surface area contributed by atoms with Crippen LogP contribution in [0.2, 0.25) is 0 Å². The molecule has 1 unspecified atom stereocenters. The van der Waals surface area contributed by atoms with Crippen LogP contribution in [0.3, 0.4) is 0 Å². The number of benzene rings is 1. The first kappa shape index (κ1) is 15.6. The third kappa shape index (κ3) is 2.84. The van der Waals surface area contributed by atoms with Crippen molar-refractivity contribution >= 4 is 12.0 Å². The second kappa shape index (κ2) is 5.88. The highest BCUT2D eigenvalue weighted by Gasteiger charge is 2.49. The minimum absolute atomic E-state index is 0.0341. The maximum atomic E-state index is 12.9. The van der Waals surface area contributed by atoms with Crippen LogP contribution in [0.15, 0.2) is 48.8 Å². The van der Waals surface area contributed by atoms with Crippen molar-refractivity contribution in [2.45, 2.75) is 12.0 Å². The smallest absolute Gasteiger partial charge is 0.410 e. The molecule has 2 aliphatic heterocycles. The zero-order chi connectivity index (χ0) is 17.4. The SMILES string of the molecule is CN1CC2(CCN(C(=O)c3cccc(-c4cccnc4)c3)C2)OC1=O. The normalized spacial score (nSPS) is 22.5. The van der Waals surface area contributed by atoms with Crippen molar-refractivity contribution in [1.29, 1.82) is 0 Å². The van der Waals surface area contributed by atoms with Crippen LogP contribution in [0, 0.1) is 0 Å². The molecule has 0 bridgehead atoms. The second-order valence-corrected chi connectivity index (χ2v) is 6.71. The van der Waals surface area contributed by atoms with Crippen molar-refractivity contribution in [2.24, 2.45) is 0 Å². The van der Waals surface area contributed by atoms with Gasteiger partial charge >= 0.3 is 6.09 Å². The molecule has 2 fully saturated rings. The average molecular weight is 337 g/mol. The van der Waals surface area contributed by atoms with Gasteiger partial charge in [0.05, 0.1) is 13.1 Å². The maximum Gasteiger partial charge on any atom is 0.410 e. The highest BCUT2D eigenvalue weighted by Crippen LogP contribution is 2.32. The van der Waals surface area contributed by atoms with Crippen molar-refractivity contribution in [3.8, 4) is 11.1 Å². The van der Waals surface area contributed by atoms with Gasteiger partial charge in [0, 0.05) is 43.5 Å². The summed E-state index contributed by atoms with van der Waals surface area (Å²) in [6.45, 7) is 1.57. The van der Waals surface area contributed by atoms with Crippen LogP contribution in [0.5, 0.6) is 0 Å². The number of carbonyl (C=O) groups excluding carboxylic acids is 2. The number of likely N-dealkylation sites (N-methyl/N-ethyl adjacent to an activating group) is 1. The van der Waals surface area contributed by atoms with E-state index in [9.17, 15) is 9.59 Å². The van der Waals surface area contributed by atoms with Crippen molar-refractivity contribution in [1.82, 2.24) is 14.8 Å². The second-order valence-electron chi connectivity index (χ2n) is 6.71. The van der Waals surface area contributed by atoms with Gasteiger partial charge in [-0.1, -0.05) is 18.2 Å². The molecule has 0 N–H and O–H groups in total. The summed E-state index contributed by atoms with van der Waals surface area (Å²) in [7, 11) is 1.72. The zero-order valence-corrected chi connectivity index (χ0v) is 14.0. The number of hydrogen-bond acceptors (Lipinski definition) is 4. The summed E-state index contributed by atoms with van der Waals surface area (Å²) < 4.78 is 5.52. The molecule has 2 amide bonds. The van der Waals surface area contributed by atoms with Gasteiger partial charge in [-0.25, -0.2) is 4.79 Å². The third-order valence-electron chi connectivity index (χ3n) is 4.85. The van der Waals surface area contributed by atoms with Crippen LogP contribution < -0.4 is 0 Å². The summed E-state index contributed by atoms with van der Waals surface area (Å²) in [5.41, 5.74) is 2.01. The topological polar surface area (TPSA) is 62.7 Å². The summed E-state index contributed by atoms with van der Waals surface area (Å²) in [4.78, 5) is 32.0. The molecule has 0 aliphatic carbocycles. The predicted molar refractivity (Wildman–Crippen MR) is 92.0 cm³/mol. The van der Waals surface area contributed by atoms with Gasteiger partial charge in [0.15, 0.2) is 5.60 Å². The van der Waals surface area contributed by atoms with Gasteiger partial charge in [-0.15, -0.1) is 0 Å². The molecule has 128 valence electrons. The molecule has 4 rings (SSSR count). The molecule has 1 spiro atoms. The summed E-state index contributed by atoms with van der Waals surface area (Å²) in [5, 5.41) is 0.